The van der Waals surface area contributed by atoms with Gasteiger partial charge in [0.05, 0.1) is 5.70 Å². The topological polar surface area (TPSA) is 22.0 Å². The van der Waals surface area contributed by atoms with E-state index in [1.807, 2.05) is 48.5 Å². The molecule has 2 nitrogen and oxygen atoms in total. The number of rotatable bonds is 4. The number of allylic oxidation sites excluding steroid dienone is 1. The molecule has 0 atom stereocenters. The van der Waals surface area contributed by atoms with Gasteiger partial charge in [-0.3, -0.25) is 4.79 Å². The van der Waals surface area contributed by atoms with Crippen molar-refractivity contribution in [3.05, 3.63) is 101 Å². The number of hydrogen-bond acceptors (Lipinski definition) is 1. The summed E-state index contributed by atoms with van der Waals surface area (Å²) >= 11 is 0. The number of ketones is 1. The zero-order valence-electron chi connectivity index (χ0n) is 14.2. The third-order valence-corrected chi connectivity index (χ3v) is 4.85. The van der Waals surface area contributed by atoms with Gasteiger partial charge in [-0.25, -0.2) is 0 Å². The summed E-state index contributed by atoms with van der Waals surface area (Å²) in [6, 6.07) is 21.9. The first-order valence-corrected chi connectivity index (χ1v) is 8.89. The van der Waals surface area contributed by atoms with E-state index in [9.17, 15) is 4.79 Å². The number of nitrogens with zero attached hydrogens (tertiary/aromatic N) is 1. The Bertz CT molecular complexity index is 904. The highest BCUT2D eigenvalue weighted by molar-refractivity contribution is 6.08. The fourth-order valence-electron chi connectivity index (χ4n) is 3.56. The summed E-state index contributed by atoms with van der Waals surface area (Å²) in [4.78, 5) is 12.8. The van der Waals surface area contributed by atoms with Crippen LogP contribution in [0, 0.1) is 0 Å². The minimum atomic E-state index is 0.0395. The van der Waals surface area contributed by atoms with Crippen LogP contribution in [0.1, 0.15) is 40.0 Å². The molecule has 0 bridgehead atoms. The van der Waals surface area contributed by atoms with E-state index < -0.39 is 0 Å². The Morgan fingerprint density at radius 1 is 0.800 bits per heavy atom. The van der Waals surface area contributed by atoms with E-state index in [1.54, 1.807) is 6.08 Å². The molecule has 0 unspecified atom stereocenters. The molecule has 2 heteroatoms. The zero-order valence-corrected chi connectivity index (χ0v) is 14.2. The first-order valence-electron chi connectivity index (χ1n) is 8.89. The van der Waals surface area contributed by atoms with Gasteiger partial charge in [0.25, 0.3) is 0 Å². The molecule has 0 radical (unpaired) electrons. The molecule has 0 saturated heterocycles. The average molecular weight is 327 g/mol. The molecule has 3 aromatic rings. The highest BCUT2D eigenvalue weighted by atomic mass is 16.1. The molecule has 2 aromatic carbocycles. The van der Waals surface area contributed by atoms with Crippen LogP contribution in [0.25, 0.3) is 5.70 Å². The van der Waals surface area contributed by atoms with E-state index in [-0.39, 0.29) is 5.78 Å². The quantitative estimate of drug-likeness (QED) is 0.480. The van der Waals surface area contributed by atoms with Crippen LogP contribution in [0.15, 0.2) is 79.0 Å². The zero-order chi connectivity index (χ0) is 17.1. The summed E-state index contributed by atoms with van der Waals surface area (Å²) < 4.78 is 2.21. The van der Waals surface area contributed by atoms with Crippen molar-refractivity contribution in [2.75, 3.05) is 0 Å². The highest BCUT2D eigenvalue weighted by Gasteiger charge is 2.17. The Labute approximate surface area is 148 Å². The number of fused-ring (bicyclic) bond motifs is 1. The second kappa shape index (κ2) is 6.94. The van der Waals surface area contributed by atoms with Gasteiger partial charge >= 0.3 is 0 Å². The Morgan fingerprint density at radius 2 is 1.44 bits per heavy atom. The SMILES string of the molecule is O=C(C=C(c1ccccc1)n1ccc2c1CCCC2)c1ccccc1. The lowest BCUT2D eigenvalue weighted by Crippen LogP contribution is -2.10. The molecule has 1 aliphatic rings. The summed E-state index contributed by atoms with van der Waals surface area (Å²) in [6.45, 7) is 0. The van der Waals surface area contributed by atoms with Crippen molar-refractivity contribution in [1.82, 2.24) is 4.57 Å². The first kappa shape index (κ1) is 15.6. The molecule has 0 spiro atoms. The molecule has 0 saturated carbocycles. The maximum atomic E-state index is 12.8. The Hall–Kier alpha value is -2.87. The monoisotopic (exact) mass is 327 g/mol. The van der Waals surface area contributed by atoms with Crippen molar-refractivity contribution < 1.29 is 4.79 Å². The summed E-state index contributed by atoms with van der Waals surface area (Å²) in [7, 11) is 0. The van der Waals surface area contributed by atoms with Gasteiger partial charge in [-0.1, -0.05) is 60.7 Å². The largest absolute Gasteiger partial charge is 0.320 e. The Kier molecular flexibility index (Phi) is 4.34. The van der Waals surface area contributed by atoms with E-state index in [2.05, 4.69) is 29.0 Å². The van der Waals surface area contributed by atoms with Crippen molar-refractivity contribution in [2.45, 2.75) is 25.7 Å². The molecule has 25 heavy (non-hydrogen) atoms. The van der Waals surface area contributed by atoms with Crippen molar-refractivity contribution in [3.63, 3.8) is 0 Å². The second-order valence-electron chi connectivity index (χ2n) is 6.49. The molecule has 0 amide bonds. The van der Waals surface area contributed by atoms with E-state index >= 15 is 0 Å². The van der Waals surface area contributed by atoms with E-state index in [0.29, 0.717) is 0 Å². The molecule has 1 heterocycles. The van der Waals surface area contributed by atoms with Gasteiger partial charge in [0.1, 0.15) is 0 Å². The standard InChI is InChI=1S/C23H21NO/c25-23(20-12-5-2-6-13-20)17-22(18-9-3-1-4-10-18)24-16-15-19-11-7-8-14-21(19)24/h1-6,9-10,12-13,15-17H,7-8,11,14H2. The minimum Gasteiger partial charge on any atom is -0.320 e. The van der Waals surface area contributed by atoms with E-state index in [4.69, 9.17) is 0 Å². The molecule has 0 aliphatic heterocycles. The van der Waals surface area contributed by atoms with Crippen LogP contribution >= 0.6 is 0 Å². The van der Waals surface area contributed by atoms with Crippen LogP contribution < -0.4 is 0 Å². The van der Waals surface area contributed by atoms with Crippen LogP contribution in [-0.4, -0.2) is 10.4 Å². The first-order chi connectivity index (χ1) is 12.3. The smallest absolute Gasteiger partial charge is 0.187 e. The fourth-order valence-corrected chi connectivity index (χ4v) is 3.56. The number of carbonyl (C=O) groups excluding carboxylic acids is 1. The number of carbonyl (C=O) groups is 1. The van der Waals surface area contributed by atoms with Crippen LogP contribution in [0.2, 0.25) is 0 Å². The fraction of sp³-hybridized carbons (Fsp3) is 0.174. The van der Waals surface area contributed by atoms with Crippen molar-refractivity contribution in [3.8, 4) is 0 Å². The van der Waals surface area contributed by atoms with Gasteiger partial charge in [0, 0.05) is 23.5 Å². The molecule has 1 aromatic heterocycles. The van der Waals surface area contributed by atoms with Crippen LogP contribution in [0.4, 0.5) is 0 Å². The normalized spacial score (nSPS) is 14.2. The van der Waals surface area contributed by atoms with Gasteiger partial charge in [-0.05, 0) is 42.9 Å². The molecular weight excluding hydrogens is 306 g/mol. The molecule has 0 N–H and O–H groups in total. The van der Waals surface area contributed by atoms with Crippen molar-refractivity contribution in [2.24, 2.45) is 0 Å². The van der Waals surface area contributed by atoms with Gasteiger partial charge in [0.15, 0.2) is 5.78 Å². The summed E-state index contributed by atoms with van der Waals surface area (Å²) in [6.07, 6.45) is 8.58. The Morgan fingerprint density at radius 3 is 2.16 bits per heavy atom. The predicted molar refractivity (Wildman–Crippen MR) is 102 cm³/mol. The van der Waals surface area contributed by atoms with Crippen molar-refractivity contribution in [1.29, 1.82) is 0 Å². The third-order valence-electron chi connectivity index (χ3n) is 4.85. The second-order valence-corrected chi connectivity index (χ2v) is 6.49. The number of aryl methyl sites for hydroxylation is 1. The molecule has 124 valence electrons. The lowest BCUT2D eigenvalue weighted by molar-refractivity contribution is 0.104. The molecule has 4 rings (SSSR count). The summed E-state index contributed by atoms with van der Waals surface area (Å²) in [5.41, 5.74) is 5.51. The Balaban J connectivity index is 1.82. The summed E-state index contributed by atoms with van der Waals surface area (Å²) in [5.74, 6) is 0.0395. The predicted octanol–water partition coefficient (Wildman–Crippen LogP) is 5.14. The van der Waals surface area contributed by atoms with Gasteiger partial charge in [0.2, 0.25) is 0 Å². The lowest BCUT2D eigenvalue weighted by atomic mass is 9.97. The molecule has 0 fully saturated rings. The van der Waals surface area contributed by atoms with Gasteiger partial charge in [-0.2, -0.15) is 0 Å². The maximum absolute atomic E-state index is 12.8. The average Bonchev–Trinajstić information content (AvgIpc) is 3.11. The highest BCUT2D eigenvalue weighted by Crippen LogP contribution is 2.28. The molecule has 1 aliphatic carbocycles. The number of hydrogen-bond donors (Lipinski definition) is 0. The van der Waals surface area contributed by atoms with Crippen molar-refractivity contribution >= 4 is 11.5 Å². The third kappa shape index (κ3) is 3.20. The molecular formula is C23H21NO. The maximum Gasteiger partial charge on any atom is 0.187 e. The van der Waals surface area contributed by atoms with Crippen LogP contribution in [0.3, 0.4) is 0 Å². The lowest BCUT2D eigenvalue weighted by Gasteiger charge is -2.18. The summed E-state index contributed by atoms with van der Waals surface area (Å²) in [5, 5.41) is 0. The van der Waals surface area contributed by atoms with Gasteiger partial charge < -0.3 is 4.57 Å². The number of aromatic nitrogens is 1. The van der Waals surface area contributed by atoms with E-state index in [0.717, 1.165) is 29.7 Å². The minimum absolute atomic E-state index is 0.0395. The van der Waals surface area contributed by atoms with Crippen LogP contribution in [-0.2, 0) is 12.8 Å². The van der Waals surface area contributed by atoms with Crippen LogP contribution in [0.5, 0.6) is 0 Å². The van der Waals surface area contributed by atoms with E-state index in [1.165, 1.54) is 24.1 Å². The number of benzene rings is 2. The van der Waals surface area contributed by atoms with Gasteiger partial charge in [-0.15, -0.1) is 0 Å².